The van der Waals surface area contributed by atoms with E-state index >= 15 is 0 Å². The van der Waals surface area contributed by atoms with Crippen LogP contribution in [0.5, 0.6) is 0 Å². The molecule has 1 aromatic heterocycles. The van der Waals surface area contributed by atoms with Crippen LogP contribution in [0.1, 0.15) is 5.69 Å². The maximum Gasteiger partial charge on any atom is 0.435 e. The van der Waals surface area contributed by atoms with Crippen LogP contribution in [0, 0.1) is 0 Å². The molecule has 0 amide bonds. The highest BCUT2D eigenvalue weighted by molar-refractivity contribution is 6.18. The monoisotopic (exact) mass is 224 g/mol. The highest BCUT2D eigenvalue weighted by Crippen LogP contribution is 2.27. The van der Waals surface area contributed by atoms with E-state index in [4.69, 9.17) is 11.6 Å². The number of nitrogens with zero attached hydrogens (tertiary/aromatic N) is 2. The third-order valence-electron chi connectivity index (χ3n) is 1.48. The first kappa shape index (κ1) is 11.1. The van der Waals surface area contributed by atoms with Crippen molar-refractivity contribution in [1.29, 1.82) is 0 Å². The molecule has 0 bridgehead atoms. The Labute approximate surface area is 84.0 Å². The maximum absolute atomic E-state index is 12.1. The van der Waals surface area contributed by atoms with E-state index in [2.05, 4.69) is 5.10 Å². The Hall–Kier alpha value is -0.970. The van der Waals surface area contributed by atoms with Gasteiger partial charge in [0.05, 0.1) is 6.54 Å². The first-order valence-electron chi connectivity index (χ1n) is 3.85. The zero-order chi connectivity index (χ0) is 10.6. The van der Waals surface area contributed by atoms with Gasteiger partial charge in [-0.15, -0.1) is 11.6 Å². The van der Waals surface area contributed by atoms with Crippen molar-refractivity contribution < 1.29 is 13.2 Å². The number of allylic oxidation sites excluding steroid dienone is 2. The molecule has 0 aromatic carbocycles. The van der Waals surface area contributed by atoms with Crippen molar-refractivity contribution >= 4 is 11.6 Å². The fourth-order valence-corrected chi connectivity index (χ4v) is 0.986. The van der Waals surface area contributed by atoms with Gasteiger partial charge in [0.15, 0.2) is 5.69 Å². The van der Waals surface area contributed by atoms with Gasteiger partial charge in [-0.1, -0.05) is 12.2 Å². The summed E-state index contributed by atoms with van der Waals surface area (Å²) in [6.07, 6.45) is 0.208. The molecule has 0 aliphatic carbocycles. The smallest absolute Gasteiger partial charge is 0.268 e. The molecule has 78 valence electrons. The third kappa shape index (κ3) is 3.06. The van der Waals surface area contributed by atoms with E-state index in [1.54, 1.807) is 12.2 Å². The van der Waals surface area contributed by atoms with Crippen LogP contribution in [0.3, 0.4) is 0 Å². The lowest BCUT2D eigenvalue weighted by Crippen LogP contribution is -2.07. The standard InChI is InChI=1S/C8H8ClF3N2/c9-4-1-2-5-14-6-3-7(13-14)8(10,11)12/h1-3,6H,4-5H2. The van der Waals surface area contributed by atoms with Crippen LogP contribution in [0.2, 0.25) is 0 Å². The summed E-state index contributed by atoms with van der Waals surface area (Å²) in [7, 11) is 0. The minimum absolute atomic E-state index is 0.294. The average molecular weight is 225 g/mol. The second-order valence-electron chi connectivity index (χ2n) is 2.55. The van der Waals surface area contributed by atoms with E-state index in [-0.39, 0.29) is 0 Å². The quantitative estimate of drug-likeness (QED) is 0.570. The molecule has 1 rings (SSSR count). The molecule has 0 fully saturated rings. The van der Waals surface area contributed by atoms with Crippen LogP contribution in [0.15, 0.2) is 24.4 Å². The Morgan fingerprint density at radius 3 is 2.64 bits per heavy atom. The summed E-state index contributed by atoms with van der Waals surface area (Å²) in [4.78, 5) is 0. The molecule has 0 aliphatic heterocycles. The number of hydrogen-bond acceptors (Lipinski definition) is 1. The molecule has 0 N–H and O–H groups in total. The number of halogens is 4. The van der Waals surface area contributed by atoms with E-state index in [0.717, 1.165) is 6.07 Å². The van der Waals surface area contributed by atoms with Gasteiger partial charge in [0.25, 0.3) is 0 Å². The molecule has 0 saturated carbocycles. The zero-order valence-electron chi connectivity index (χ0n) is 7.13. The predicted octanol–water partition coefficient (Wildman–Crippen LogP) is 2.70. The van der Waals surface area contributed by atoms with Crippen LogP contribution >= 0.6 is 11.6 Å². The van der Waals surface area contributed by atoms with Crippen molar-refractivity contribution in [2.45, 2.75) is 12.7 Å². The second-order valence-corrected chi connectivity index (χ2v) is 2.86. The molecular weight excluding hydrogens is 217 g/mol. The van der Waals surface area contributed by atoms with E-state index in [9.17, 15) is 13.2 Å². The Morgan fingerprint density at radius 1 is 1.43 bits per heavy atom. The molecule has 1 aromatic rings. The van der Waals surface area contributed by atoms with Gasteiger partial charge in [-0.3, -0.25) is 4.68 Å². The number of aromatic nitrogens is 2. The molecule has 0 atom stereocenters. The number of alkyl halides is 4. The Balaban J connectivity index is 2.64. The largest absolute Gasteiger partial charge is 0.435 e. The maximum atomic E-state index is 12.1. The highest BCUT2D eigenvalue weighted by atomic mass is 35.5. The summed E-state index contributed by atoms with van der Waals surface area (Å²) in [5, 5.41) is 3.35. The lowest BCUT2D eigenvalue weighted by Gasteiger charge is -2.00. The molecule has 0 aliphatic rings. The van der Waals surface area contributed by atoms with Gasteiger partial charge in [-0.05, 0) is 6.07 Å². The van der Waals surface area contributed by atoms with E-state index in [1.165, 1.54) is 10.9 Å². The minimum atomic E-state index is -4.37. The molecule has 2 nitrogen and oxygen atoms in total. The van der Waals surface area contributed by atoms with Gasteiger partial charge in [0.2, 0.25) is 0 Å². The van der Waals surface area contributed by atoms with Crippen LogP contribution in [-0.2, 0) is 12.7 Å². The Bertz CT molecular complexity index is 317. The molecule has 1 heterocycles. The average Bonchev–Trinajstić information content (AvgIpc) is 2.52. The summed E-state index contributed by atoms with van der Waals surface area (Å²) in [6.45, 7) is 0.294. The highest BCUT2D eigenvalue weighted by Gasteiger charge is 2.33. The molecule has 0 radical (unpaired) electrons. The lowest BCUT2D eigenvalue weighted by atomic mass is 10.4. The van der Waals surface area contributed by atoms with Crippen LogP contribution < -0.4 is 0 Å². The van der Waals surface area contributed by atoms with Gasteiger partial charge in [0.1, 0.15) is 0 Å². The van der Waals surface area contributed by atoms with Crippen LogP contribution in [0.25, 0.3) is 0 Å². The molecule has 14 heavy (non-hydrogen) atoms. The lowest BCUT2D eigenvalue weighted by molar-refractivity contribution is -0.141. The summed E-state index contributed by atoms with van der Waals surface area (Å²) in [6, 6.07) is 0.939. The van der Waals surface area contributed by atoms with Crippen LogP contribution in [0.4, 0.5) is 13.2 Å². The zero-order valence-corrected chi connectivity index (χ0v) is 7.89. The van der Waals surface area contributed by atoms with Crippen molar-refractivity contribution in [3.8, 4) is 0 Å². The van der Waals surface area contributed by atoms with E-state index in [1.807, 2.05) is 0 Å². The van der Waals surface area contributed by atoms with Crippen molar-refractivity contribution in [3.63, 3.8) is 0 Å². The summed E-state index contributed by atoms with van der Waals surface area (Å²) in [5.41, 5.74) is -0.878. The van der Waals surface area contributed by atoms with E-state index in [0.29, 0.717) is 12.4 Å². The van der Waals surface area contributed by atoms with Crippen molar-refractivity contribution in [2.75, 3.05) is 5.88 Å². The van der Waals surface area contributed by atoms with Gasteiger partial charge in [0, 0.05) is 12.1 Å². The summed E-state index contributed by atoms with van der Waals surface area (Å²) >= 11 is 5.35. The van der Waals surface area contributed by atoms with Gasteiger partial charge < -0.3 is 0 Å². The van der Waals surface area contributed by atoms with Crippen molar-refractivity contribution in [3.05, 3.63) is 30.1 Å². The topological polar surface area (TPSA) is 17.8 Å². The van der Waals surface area contributed by atoms with Crippen molar-refractivity contribution in [1.82, 2.24) is 9.78 Å². The Kier molecular flexibility index (Phi) is 3.57. The second kappa shape index (κ2) is 4.50. The summed E-state index contributed by atoms with van der Waals surface area (Å²) < 4.78 is 37.4. The number of hydrogen-bond donors (Lipinski definition) is 0. The molecule has 0 saturated heterocycles. The van der Waals surface area contributed by atoms with Crippen LogP contribution in [-0.4, -0.2) is 15.7 Å². The summed E-state index contributed by atoms with van der Waals surface area (Å²) in [5.74, 6) is 0.341. The molecular formula is C8H8ClF3N2. The first-order valence-corrected chi connectivity index (χ1v) is 4.39. The first-order chi connectivity index (χ1) is 6.54. The predicted molar refractivity (Wildman–Crippen MR) is 47.1 cm³/mol. The third-order valence-corrected chi connectivity index (χ3v) is 1.66. The SMILES string of the molecule is FC(F)(F)c1ccn(CC=CCCl)n1. The van der Waals surface area contributed by atoms with Gasteiger partial charge in [-0.25, -0.2) is 0 Å². The Morgan fingerprint density at radius 2 is 2.14 bits per heavy atom. The fourth-order valence-electron chi connectivity index (χ4n) is 0.860. The molecule has 0 spiro atoms. The molecule has 0 unspecified atom stereocenters. The van der Waals surface area contributed by atoms with Gasteiger partial charge in [-0.2, -0.15) is 18.3 Å². The van der Waals surface area contributed by atoms with Crippen molar-refractivity contribution in [2.24, 2.45) is 0 Å². The van der Waals surface area contributed by atoms with Gasteiger partial charge >= 0.3 is 6.18 Å². The van der Waals surface area contributed by atoms with E-state index < -0.39 is 11.9 Å². The minimum Gasteiger partial charge on any atom is -0.268 e. The molecule has 6 heteroatoms. The normalized spacial score (nSPS) is 12.6. The fraction of sp³-hybridized carbons (Fsp3) is 0.375. The number of rotatable bonds is 3.